The number of aromatic carboxylic acids is 1. The van der Waals surface area contributed by atoms with Crippen molar-refractivity contribution in [3.05, 3.63) is 70.6 Å². The summed E-state index contributed by atoms with van der Waals surface area (Å²) in [6, 6.07) is 8.86. The summed E-state index contributed by atoms with van der Waals surface area (Å²) >= 11 is 0. The van der Waals surface area contributed by atoms with Crippen LogP contribution in [0.4, 0.5) is 10.5 Å². The van der Waals surface area contributed by atoms with E-state index in [9.17, 15) is 19.5 Å². The smallest absolute Gasteiger partial charge is 0.335 e. The number of benzene rings is 2. The minimum atomic E-state index is -1.07. The second-order valence-electron chi connectivity index (χ2n) is 7.02. The molecular weight excluding hydrogens is 386 g/mol. The Labute approximate surface area is 171 Å². The lowest BCUT2D eigenvalue weighted by Gasteiger charge is -2.30. The van der Waals surface area contributed by atoms with E-state index in [2.05, 4.69) is 26.1 Å². The minimum absolute atomic E-state index is 0.114. The number of fused-ring (bicyclic) bond motifs is 1. The molecule has 5 N–H and O–H groups in total. The maximum absolute atomic E-state index is 13.2. The predicted octanol–water partition coefficient (Wildman–Crippen LogP) is 2.84. The first kappa shape index (κ1) is 19.2. The number of nitrogens with one attached hydrogen (secondary N) is 4. The van der Waals surface area contributed by atoms with E-state index in [0.29, 0.717) is 28.1 Å². The first-order valence-corrected chi connectivity index (χ1v) is 9.20. The molecule has 0 saturated heterocycles. The van der Waals surface area contributed by atoms with Gasteiger partial charge in [-0.2, -0.15) is 5.10 Å². The summed E-state index contributed by atoms with van der Waals surface area (Å²) in [6.45, 7) is 3.29. The maximum atomic E-state index is 13.2. The summed E-state index contributed by atoms with van der Waals surface area (Å²) in [6.07, 6.45) is 1.65. The van der Waals surface area contributed by atoms with Crippen LogP contribution in [0.25, 0.3) is 10.9 Å². The average molecular weight is 405 g/mol. The molecule has 9 nitrogen and oxygen atoms in total. The van der Waals surface area contributed by atoms with Crippen LogP contribution in [0.1, 0.15) is 34.5 Å². The highest BCUT2D eigenvalue weighted by molar-refractivity contribution is 6.07. The van der Waals surface area contributed by atoms with Gasteiger partial charge < -0.3 is 21.1 Å². The topological polar surface area (TPSA) is 136 Å². The number of carboxylic acids is 1. The molecule has 152 valence electrons. The first-order valence-electron chi connectivity index (χ1n) is 9.20. The fourth-order valence-corrected chi connectivity index (χ4v) is 3.64. The van der Waals surface area contributed by atoms with Crippen molar-refractivity contribution in [1.29, 1.82) is 0 Å². The number of nitrogens with zero attached hydrogens (tertiary/aromatic N) is 1. The molecule has 2 aromatic carbocycles. The maximum Gasteiger partial charge on any atom is 0.335 e. The van der Waals surface area contributed by atoms with Gasteiger partial charge in [0.05, 0.1) is 28.9 Å². The Hall–Kier alpha value is -4.14. The van der Waals surface area contributed by atoms with Crippen LogP contribution < -0.4 is 16.0 Å². The number of carbonyl (C=O) groups is 3. The first-order chi connectivity index (χ1) is 14.3. The molecule has 0 aliphatic carbocycles. The van der Waals surface area contributed by atoms with Crippen molar-refractivity contribution < 1.29 is 19.5 Å². The minimum Gasteiger partial charge on any atom is -0.478 e. The Morgan fingerprint density at radius 2 is 1.97 bits per heavy atom. The zero-order valence-corrected chi connectivity index (χ0v) is 16.2. The molecule has 0 fully saturated rings. The molecule has 1 unspecified atom stereocenters. The Morgan fingerprint density at radius 1 is 1.17 bits per heavy atom. The number of hydrogen-bond donors (Lipinski definition) is 5. The zero-order chi connectivity index (χ0) is 21.4. The van der Waals surface area contributed by atoms with Crippen LogP contribution in [0.3, 0.4) is 0 Å². The van der Waals surface area contributed by atoms with Crippen LogP contribution in [0.2, 0.25) is 0 Å². The van der Waals surface area contributed by atoms with E-state index in [4.69, 9.17) is 0 Å². The van der Waals surface area contributed by atoms with Gasteiger partial charge in [0.2, 0.25) is 0 Å². The molecular formula is C21H19N5O4. The third kappa shape index (κ3) is 3.37. The van der Waals surface area contributed by atoms with E-state index in [-0.39, 0.29) is 5.56 Å². The number of carbonyl (C=O) groups excluding carboxylic acids is 2. The molecule has 0 spiro atoms. The number of aromatic nitrogens is 2. The number of hydrogen-bond acceptors (Lipinski definition) is 4. The van der Waals surface area contributed by atoms with Crippen molar-refractivity contribution in [2.75, 3.05) is 5.32 Å². The lowest BCUT2D eigenvalue weighted by molar-refractivity contribution is -0.113. The second-order valence-corrected chi connectivity index (χ2v) is 7.02. The molecule has 9 heteroatoms. The molecule has 0 radical (unpaired) electrons. The number of rotatable bonds is 4. The molecule has 0 bridgehead atoms. The fraction of sp³-hybridized carbons (Fsp3) is 0.143. The molecule has 0 saturated carbocycles. The zero-order valence-electron chi connectivity index (χ0n) is 16.2. The largest absolute Gasteiger partial charge is 0.478 e. The molecule has 1 atom stereocenters. The van der Waals surface area contributed by atoms with Gasteiger partial charge in [-0.15, -0.1) is 0 Å². The van der Waals surface area contributed by atoms with Crippen LogP contribution in [0.15, 0.2) is 53.9 Å². The van der Waals surface area contributed by atoms with Crippen molar-refractivity contribution in [3.8, 4) is 0 Å². The van der Waals surface area contributed by atoms with E-state index in [1.54, 1.807) is 50.4 Å². The lowest BCUT2D eigenvalue weighted by atomic mass is 9.89. The average Bonchev–Trinajstić information content (AvgIpc) is 3.15. The highest BCUT2D eigenvalue weighted by atomic mass is 16.4. The van der Waals surface area contributed by atoms with E-state index >= 15 is 0 Å². The van der Waals surface area contributed by atoms with E-state index in [0.717, 1.165) is 10.9 Å². The highest BCUT2D eigenvalue weighted by Crippen LogP contribution is 2.31. The van der Waals surface area contributed by atoms with Crippen molar-refractivity contribution in [2.24, 2.45) is 0 Å². The number of anilines is 1. The monoisotopic (exact) mass is 405 g/mol. The van der Waals surface area contributed by atoms with Gasteiger partial charge in [-0.3, -0.25) is 9.89 Å². The van der Waals surface area contributed by atoms with Crippen LogP contribution in [0, 0.1) is 6.92 Å². The standard InChI is InChI=1S/C21H19N5O4/c1-10-14(4-3-5-15(10)20(28)29)18-17(11(2)23-21(30)25-18)19(27)24-13-6-7-16-12(8-13)9-22-26-16/h3-9,18H,1-2H3,(H,22,26)(H,24,27)(H,28,29)(H2,23,25,30). The SMILES string of the molecule is CC1=C(C(=O)Nc2ccc3[nH]ncc3c2)C(c2cccc(C(=O)O)c2C)NC(=O)N1. The van der Waals surface area contributed by atoms with Crippen molar-refractivity contribution >= 4 is 34.5 Å². The van der Waals surface area contributed by atoms with Gasteiger partial charge in [0.25, 0.3) is 5.91 Å². The molecule has 3 amide bonds. The normalized spacial score (nSPS) is 16.2. The van der Waals surface area contributed by atoms with Crippen molar-refractivity contribution in [2.45, 2.75) is 19.9 Å². The fourth-order valence-electron chi connectivity index (χ4n) is 3.64. The number of H-pyrrole nitrogens is 1. The van der Waals surface area contributed by atoms with Gasteiger partial charge in [-0.1, -0.05) is 12.1 Å². The van der Waals surface area contributed by atoms with Gasteiger partial charge in [0, 0.05) is 16.8 Å². The van der Waals surface area contributed by atoms with Crippen LogP contribution in [-0.2, 0) is 4.79 Å². The van der Waals surface area contributed by atoms with Crippen LogP contribution in [-0.4, -0.2) is 33.2 Å². The molecule has 3 aromatic rings. The van der Waals surface area contributed by atoms with Crippen molar-refractivity contribution in [3.63, 3.8) is 0 Å². The molecule has 2 heterocycles. The van der Waals surface area contributed by atoms with Crippen LogP contribution in [0.5, 0.6) is 0 Å². The highest BCUT2D eigenvalue weighted by Gasteiger charge is 2.32. The van der Waals surface area contributed by atoms with E-state index in [1.807, 2.05) is 0 Å². The van der Waals surface area contributed by atoms with Gasteiger partial charge in [0.1, 0.15) is 0 Å². The molecule has 4 rings (SSSR count). The number of allylic oxidation sites excluding steroid dienone is 1. The third-order valence-corrected chi connectivity index (χ3v) is 5.13. The molecule has 1 aliphatic rings. The summed E-state index contributed by atoms with van der Waals surface area (Å²) in [4.78, 5) is 36.8. The van der Waals surface area contributed by atoms with Gasteiger partial charge in [-0.25, -0.2) is 9.59 Å². The van der Waals surface area contributed by atoms with Crippen molar-refractivity contribution in [1.82, 2.24) is 20.8 Å². The Kier molecular flexibility index (Phi) is 4.71. The number of aromatic amines is 1. The molecule has 1 aliphatic heterocycles. The summed E-state index contributed by atoms with van der Waals surface area (Å²) in [5.74, 6) is -1.48. The Balaban J connectivity index is 1.72. The second kappa shape index (κ2) is 7.36. The van der Waals surface area contributed by atoms with E-state index in [1.165, 1.54) is 6.07 Å². The number of amides is 3. The molecule has 30 heavy (non-hydrogen) atoms. The summed E-state index contributed by atoms with van der Waals surface area (Å²) < 4.78 is 0. The van der Waals surface area contributed by atoms with Crippen LogP contribution >= 0.6 is 0 Å². The third-order valence-electron chi connectivity index (χ3n) is 5.13. The quantitative estimate of drug-likeness (QED) is 0.455. The Morgan fingerprint density at radius 3 is 2.73 bits per heavy atom. The lowest BCUT2D eigenvalue weighted by Crippen LogP contribution is -2.46. The Bertz CT molecular complexity index is 1230. The predicted molar refractivity (Wildman–Crippen MR) is 110 cm³/mol. The number of carboxylic acid groups (broad SMARTS) is 1. The summed E-state index contributed by atoms with van der Waals surface area (Å²) in [5.41, 5.74) is 3.24. The van der Waals surface area contributed by atoms with E-state index < -0.39 is 23.9 Å². The number of urea groups is 1. The molecule has 1 aromatic heterocycles. The van der Waals surface area contributed by atoms with Gasteiger partial charge in [0.15, 0.2) is 0 Å². The van der Waals surface area contributed by atoms with Gasteiger partial charge >= 0.3 is 12.0 Å². The van der Waals surface area contributed by atoms with Gasteiger partial charge in [-0.05, 0) is 49.2 Å². The summed E-state index contributed by atoms with van der Waals surface area (Å²) in [5, 5.41) is 25.3. The summed E-state index contributed by atoms with van der Waals surface area (Å²) in [7, 11) is 0.